The van der Waals surface area contributed by atoms with Gasteiger partial charge >= 0.3 is 0 Å². The topological polar surface area (TPSA) is 83.6 Å². The van der Waals surface area contributed by atoms with Crippen molar-refractivity contribution in [3.63, 3.8) is 0 Å². The van der Waals surface area contributed by atoms with Gasteiger partial charge in [-0.1, -0.05) is 35.9 Å². The number of nitro benzene ring substituents is 1. The van der Waals surface area contributed by atoms with Crippen LogP contribution in [0.25, 0.3) is 11.8 Å². The number of benzene rings is 3. The van der Waals surface area contributed by atoms with Gasteiger partial charge in [-0.25, -0.2) is 0 Å². The van der Waals surface area contributed by atoms with Crippen LogP contribution < -0.4 is 9.47 Å². The second-order valence-electron chi connectivity index (χ2n) is 7.57. The van der Waals surface area contributed by atoms with Crippen molar-refractivity contribution >= 4 is 29.1 Å². The number of non-ortho nitro benzene ring substituents is 1. The molecule has 0 aliphatic carbocycles. The van der Waals surface area contributed by atoms with E-state index in [1.165, 1.54) is 24.3 Å². The van der Waals surface area contributed by atoms with Crippen LogP contribution in [-0.4, -0.2) is 22.4 Å². The number of hydrogen-bond acceptors (Lipinski definition) is 5. The minimum absolute atomic E-state index is 0.115. The quantitative estimate of drug-likeness (QED) is 0.116. The van der Waals surface area contributed by atoms with Crippen LogP contribution in [0, 0.1) is 10.1 Å². The Morgan fingerprint density at radius 2 is 1.80 bits per heavy atom. The maximum atomic E-state index is 12.8. The van der Waals surface area contributed by atoms with Gasteiger partial charge < -0.3 is 14.0 Å². The van der Waals surface area contributed by atoms with Crippen molar-refractivity contribution in [2.45, 2.75) is 6.61 Å². The highest BCUT2D eigenvalue weighted by molar-refractivity contribution is 6.32. The molecule has 1 aromatic heterocycles. The Kier molecular flexibility index (Phi) is 7.28. The molecule has 0 fully saturated rings. The second kappa shape index (κ2) is 10.7. The van der Waals surface area contributed by atoms with E-state index in [4.69, 9.17) is 21.1 Å². The number of halogens is 1. The van der Waals surface area contributed by atoms with Gasteiger partial charge in [-0.2, -0.15) is 0 Å². The molecular weight excluding hydrogens is 468 g/mol. The van der Waals surface area contributed by atoms with Crippen LogP contribution in [-0.2, 0) is 6.61 Å². The first-order valence-electron chi connectivity index (χ1n) is 10.6. The number of carbonyl (C=O) groups is 1. The third-order valence-electron chi connectivity index (χ3n) is 5.27. The lowest BCUT2D eigenvalue weighted by molar-refractivity contribution is -0.384. The van der Waals surface area contributed by atoms with Crippen molar-refractivity contribution in [1.29, 1.82) is 0 Å². The Balaban J connectivity index is 1.49. The molecule has 0 bridgehead atoms. The molecule has 8 heteroatoms. The number of ether oxygens (including phenoxy) is 2. The van der Waals surface area contributed by atoms with Crippen LogP contribution in [0.1, 0.15) is 21.5 Å². The Labute approximate surface area is 207 Å². The highest BCUT2D eigenvalue weighted by Gasteiger charge is 2.12. The van der Waals surface area contributed by atoms with Gasteiger partial charge in [0.05, 0.1) is 17.1 Å². The lowest BCUT2D eigenvalue weighted by Crippen LogP contribution is -2.00. The number of allylic oxidation sites excluding steroid dienone is 1. The summed E-state index contributed by atoms with van der Waals surface area (Å²) >= 11 is 6.12. The third kappa shape index (κ3) is 5.77. The molecule has 0 amide bonds. The van der Waals surface area contributed by atoms with E-state index in [0.717, 1.165) is 16.8 Å². The molecule has 0 unspecified atom stereocenters. The molecule has 4 rings (SSSR count). The van der Waals surface area contributed by atoms with Crippen LogP contribution in [0.3, 0.4) is 0 Å². The maximum absolute atomic E-state index is 12.8. The first-order valence-corrected chi connectivity index (χ1v) is 11.0. The number of carbonyl (C=O) groups excluding carboxylic acids is 1. The SMILES string of the molecule is COc1ccc(/C=C/C(=O)c2cccc(-n3cccc3)c2)cc1COc1ccc([N+](=O)[O-])cc1Cl. The summed E-state index contributed by atoms with van der Waals surface area (Å²) < 4.78 is 13.1. The Morgan fingerprint density at radius 3 is 2.51 bits per heavy atom. The van der Waals surface area contributed by atoms with Crippen LogP contribution in [0.2, 0.25) is 5.02 Å². The highest BCUT2D eigenvalue weighted by Crippen LogP contribution is 2.30. The van der Waals surface area contributed by atoms with Crippen LogP contribution in [0.4, 0.5) is 5.69 Å². The normalized spacial score (nSPS) is 10.9. The molecule has 0 saturated carbocycles. The maximum Gasteiger partial charge on any atom is 0.271 e. The first-order chi connectivity index (χ1) is 16.9. The van der Waals surface area contributed by atoms with E-state index in [-0.39, 0.29) is 23.1 Å². The number of hydrogen-bond donors (Lipinski definition) is 0. The highest BCUT2D eigenvalue weighted by atomic mass is 35.5. The molecule has 35 heavy (non-hydrogen) atoms. The van der Waals surface area contributed by atoms with Crippen LogP contribution in [0.15, 0.2) is 91.3 Å². The molecule has 3 aromatic carbocycles. The number of ketones is 1. The minimum Gasteiger partial charge on any atom is -0.496 e. The van der Waals surface area contributed by atoms with E-state index in [1.807, 2.05) is 59.4 Å². The zero-order chi connectivity index (χ0) is 24.8. The molecule has 0 spiro atoms. The lowest BCUT2D eigenvalue weighted by atomic mass is 10.1. The van der Waals surface area contributed by atoms with Gasteiger partial charge in [0, 0.05) is 41.3 Å². The summed E-state index contributed by atoms with van der Waals surface area (Å²) in [5, 5.41) is 11.0. The molecule has 0 aliphatic heterocycles. The predicted molar refractivity (Wildman–Crippen MR) is 135 cm³/mol. The summed E-state index contributed by atoms with van der Waals surface area (Å²) in [6.07, 6.45) is 7.09. The van der Waals surface area contributed by atoms with Gasteiger partial charge in [0.25, 0.3) is 5.69 Å². The molecule has 7 nitrogen and oxygen atoms in total. The number of aromatic nitrogens is 1. The summed E-state index contributed by atoms with van der Waals surface area (Å²) in [6.45, 7) is 0.120. The summed E-state index contributed by atoms with van der Waals surface area (Å²) in [4.78, 5) is 23.1. The van der Waals surface area contributed by atoms with E-state index < -0.39 is 4.92 Å². The van der Waals surface area contributed by atoms with Gasteiger partial charge in [-0.3, -0.25) is 14.9 Å². The van der Waals surface area contributed by atoms with Gasteiger partial charge in [-0.05, 0) is 54.1 Å². The van der Waals surface area contributed by atoms with Crippen molar-refractivity contribution in [1.82, 2.24) is 4.57 Å². The number of nitrogens with zero attached hydrogens (tertiary/aromatic N) is 2. The second-order valence-corrected chi connectivity index (χ2v) is 7.98. The molecule has 176 valence electrons. The Morgan fingerprint density at radius 1 is 1.03 bits per heavy atom. The smallest absolute Gasteiger partial charge is 0.271 e. The summed E-state index contributed by atoms with van der Waals surface area (Å²) in [6, 6.07) is 20.7. The molecule has 4 aromatic rings. The number of rotatable bonds is 9. The Hall–Kier alpha value is -4.36. The van der Waals surface area contributed by atoms with E-state index in [1.54, 1.807) is 25.3 Å². The molecule has 1 heterocycles. The molecule has 0 saturated heterocycles. The molecule has 0 atom stereocenters. The fraction of sp³-hybridized carbons (Fsp3) is 0.0741. The van der Waals surface area contributed by atoms with E-state index in [0.29, 0.717) is 17.1 Å². The van der Waals surface area contributed by atoms with Crippen molar-refractivity contribution in [3.05, 3.63) is 123 Å². The van der Waals surface area contributed by atoms with E-state index in [9.17, 15) is 14.9 Å². The molecule has 0 radical (unpaired) electrons. The number of methoxy groups -OCH3 is 1. The molecule has 0 N–H and O–H groups in total. The van der Waals surface area contributed by atoms with Gasteiger partial charge in [-0.15, -0.1) is 0 Å². The van der Waals surface area contributed by atoms with E-state index >= 15 is 0 Å². The summed E-state index contributed by atoms with van der Waals surface area (Å²) in [5.74, 6) is 0.800. The van der Waals surface area contributed by atoms with Crippen molar-refractivity contribution in [2.75, 3.05) is 7.11 Å². The van der Waals surface area contributed by atoms with Crippen molar-refractivity contribution in [3.8, 4) is 17.2 Å². The zero-order valence-electron chi connectivity index (χ0n) is 18.8. The number of nitro groups is 1. The van der Waals surface area contributed by atoms with Crippen molar-refractivity contribution < 1.29 is 19.2 Å². The first kappa shape index (κ1) is 23.8. The molecular formula is C27H21ClN2O5. The minimum atomic E-state index is -0.521. The lowest BCUT2D eigenvalue weighted by Gasteiger charge is -2.12. The average molecular weight is 489 g/mol. The average Bonchev–Trinajstić information content (AvgIpc) is 3.42. The van der Waals surface area contributed by atoms with Gasteiger partial charge in [0.15, 0.2) is 5.78 Å². The van der Waals surface area contributed by atoms with Gasteiger partial charge in [0.1, 0.15) is 18.1 Å². The zero-order valence-corrected chi connectivity index (χ0v) is 19.5. The predicted octanol–water partition coefficient (Wildman–Crippen LogP) is 6.52. The standard InChI is InChI=1S/C27H21ClN2O5/c1-34-26-11-8-19(15-21(26)18-35-27-12-9-23(30(32)33)17-24(27)28)7-10-25(31)20-5-4-6-22(16-20)29-13-2-3-14-29/h2-17H,18H2,1H3/b10-7+. The fourth-order valence-corrected chi connectivity index (χ4v) is 3.71. The largest absolute Gasteiger partial charge is 0.496 e. The Bertz CT molecular complexity index is 1400. The third-order valence-corrected chi connectivity index (χ3v) is 5.57. The molecule has 0 aliphatic rings. The van der Waals surface area contributed by atoms with E-state index in [2.05, 4.69) is 0 Å². The van der Waals surface area contributed by atoms with Gasteiger partial charge in [0.2, 0.25) is 0 Å². The van der Waals surface area contributed by atoms with Crippen LogP contribution >= 0.6 is 11.6 Å². The summed E-state index contributed by atoms with van der Waals surface area (Å²) in [7, 11) is 1.55. The van der Waals surface area contributed by atoms with Crippen molar-refractivity contribution in [2.24, 2.45) is 0 Å². The monoisotopic (exact) mass is 488 g/mol. The van der Waals surface area contributed by atoms with Crippen LogP contribution in [0.5, 0.6) is 11.5 Å². The summed E-state index contributed by atoms with van der Waals surface area (Å²) in [5.41, 5.74) is 2.89. The fourth-order valence-electron chi connectivity index (χ4n) is 3.49.